The van der Waals surface area contributed by atoms with Gasteiger partial charge in [-0.05, 0) is 32.9 Å². The average molecular weight is 316 g/mol. The molecular formula is C16H20N4O3. The van der Waals surface area contributed by atoms with Crippen molar-refractivity contribution in [2.45, 2.75) is 26.4 Å². The summed E-state index contributed by atoms with van der Waals surface area (Å²) in [6.45, 7) is 5.05. The number of anilines is 1. The molecule has 7 nitrogen and oxygen atoms in total. The standard InChI is InChI=1S/C16H20N4O3/c1-16(2,3)23-13(21)10-18-15(22)12-9-19-20(14(12)17)11-7-5-4-6-8-11/h4-9H,10,17H2,1-3H3,(H,18,22). The molecule has 1 aromatic heterocycles. The molecule has 0 atom stereocenters. The third-order valence-electron chi connectivity index (χ3n) is 2.87. The lowest BCUT2D eigenvalue weighted by Crippen LogP contribution is -2.34. The highest BCUT2D eigenvalue weighted by atomic mass is 16.6. The number of nitrogens with one attached hydrogen (secondary N) is 1. The van der Waals surface area contributed by atoms with E-state index in [2.05, 4.69) is 10.4 Å². The molecule has 7 heteroatoms. The lowest BCUT2D eigenvalue weighted by molar-refractivity contribution is -0.153. The van der Waals surface area contributed by atoms with Crippen molar-refractivity contribution >= 4 is 17.7 Å². The first-order valence-corrected chi connectivity index (χ1v) is 7.17. The minimum Gasteiger partial charge on any atom is -0.459 e. The Morgan fingerprint density at radius 1 is 1.26 bits per heavy atom. The Morgan fingerprint density at radius 2 is 1.91 bits per heavy atom. The average Bonchev–Trinajstić information content (AvgIpc) is 2.86. The number of carbonyl (C=O) groups is 2. The molecule has 0 aliphatic carbocycles. The minimum atomic E-state index is -0.598. The Kier molecular flexibility index (Phi) is 4.68. The summed E-state index contributed by atoms with van der Waals surface area (Å²) in [5.74, 6) is -0.784. The van der Waals surface area contributed by atoms with E-state index in [1.165, 1.54) is 10.9 Å². The molecule has 0 radical (unpaired) electrons. The predicted molar refractivity (Wildman–Crippen MR) is 86.2 cm³/mol. The van der Waals surface area contributed by atoms with Gasteiger partial charge in [-0.3, -0.25) is 9.59 Å². The van der Waals surface area contributed by atoms with Gasteiger partial charge in [0.15, 0.2) is 0 Å². The molecular weight excluding hydrogens is 296 g/mol. The molecule has 0 bridgehead atoms. The highest BCUT2D eigenvalue weighted by molar-refractivity contribution is 5.99. The van der Waals surface area contributed by atoms with Crippen LogP contribution in [0.4, 0.5) is 5.82 Å². The van der Waals surface area contributed by atoms with Crippen LogP contribution < -0.4 is 11.1 Å². The lowest BCUT2D eigenvalue weighted by atomic mass is 10.2. The van der Waals surface area contributed by atoms with Crippen LogP contribution in [0.25, 0.3) is 5.69 Å². The van der Waals surface area contributed by atoms with E-state index in [4.69, 9.17) is 10.5 Å². The summed E-state index contributed by atoms with van der Waals surface area (Å²) in [5, 5.41) is 6.59. The van der Waals surface area contributed by atoms with E-state index in [9.17, 15) is 9.59 Å². The van der Waals surface area contributed by atoms with Crippen LogP contribution in [0, 0.1) is 0 Å². The third-order valence-corrected chi connectivity index (χ3v) is 2.87. The summed E-state index contributed by atoms with van der Waals surface area (Å²) >= 11 is 0. The van der Waals surface area contributed by atoms with Crippen molar-refractivity contribution in [3.8, 4) is 5.69 Å². The fourth-order valence-electron chi connectivity index (χ4n) is 1.93. The molecule has 1 aromatic carbocycles. The van der Waals surface area contributed by atoms with Crippen molar-refractivity contribution in [2.75, 3.05) is 12.3 Å². The molecule has 23 heavy (non-hydrogen) atoms. The van der Waals surface area contributed by atoms with Crippen LogP contribution in [0.5, 0.6) is 0 Å². The predicted octanol–water partition coefficient (Wildman–Crippen LogP) is 1.53. The summed E-state index contributed by atoms with van der Waals surface area (Å²) in [6, 6.07) is 9.21. The van der Waals surface area contributed by atoms with Crippen LogP contribution in [0.3, 0.4) is 0 Å². The molecule has 0 aliphatic heterocycles. The highest BCUT2D eigenvalue weighted by Gasteiger charge is 2.19. The fourth-order valence-corrected chi connectivity index (χ4v) is 1.93. The van der Waals surface area contributed by atoms with Gasteiger partial charge >= 0.3 is 5.97 Å². The van der Waals surface area contributed by atoms with Crippen molar-refractivity contribution < 1.29 is 14.3 Å². The van der Waals surface area contributed by atoms with Crippen LogP contribution in [0.1, 0.15) is 31.1 Å². The molecule has 0 unspecified atom stereocenters. The summed E-state index contributed by atoms with van der Waals surface area (Å²) in [4.78, 5) is 23.7. The first-order valence-electron chi connectivity index (χ1n) is 7.17. The van der Waals surface area contributed by atoms with Gasteiger partial charge in [0.1, 0.15) is 23.5 Å². The van der Waals surface area contributed by atoms with Gasteiger partial charge in [-0.1, -0.05) is 18.2 Å². The molecule has 122 valence electrons. The summed E-state index contributed by atoms with van der Waals surface area (Å²) in [5.41, 5.74) is 6.32. The largest absolute Gasteiger partial charge is 0.459 e. The van der Waals surface area contributed by atoms with E-state index in [0.29, 0.717) is 0 Å². The maximum absolute atomic E-state index is 12.1. The smallest absolute Gasteiger partial charge is 0.325 e. The lowest BCUT2D eigenvalue weighted by Gasteiger charge is -2.19. The molecule has 3 N–H and O–H groups in total. The van der Waals surface area contributed by atoms with Gasteiger partial charge in [-0.2, -0.15) is 5.10 Å². The number of rotatable bonds is 4. The number of benzene rings is 1. The second-order valence-corrected chi connectivity index (χ2v) is 5.96. The van der Waals surface area contributed by atoms with Crippen molar-refractivity contribution in [1.29, 1.82) is 0 Å². The number of amides is 1. The molecule has 0 saturated carbocycles. The van der Waals surface area contributed by atoms with E-state index in [1.54, 1.807) is 20.8 Å². The second-order valence-electron chi connectivity index (χ2n) is 5.96. The van der Waals surface area contributed by atoms with E-state index < -0.39 is 17.5 Å². The number of ether oxygens (including phenoxy) is 1. The van der Waals surface area contributed by atoms with Gasteiger partial charge in [-0.25, -0.2) is 4.68 Å². The normalized spacial score (nSPS) is 11.1. The van der Waals surface area contributed by atoms with Crippen molar-refractivity contribution in [3.05, 3.63) is 42.1 Å². The highest BCUT2D eigenvalue weighted by Crippen LogP contribution is 2.16. The molecule has 1 amide bonds. The second kappa shape index (κ2) is 6.51. The molecule has 0 aliphatic rings. The number of aromatic nitrogens is 2. The molecule has 0 saturated heterocycles. The SMILES string of the molecule is CC(C)(C)OC(=O)CNC(=O)c1cnn(-c2ccccc2)c1N. The van der Waals surface area contributed by atoms with Gasteiger partial charge in [0, 0.05) is 0 Å². The fraction of sp³-hybridized carbons (Fsp3) is 0.312. The maximum Gasteiger partial charge on any atom is 0.325 e. The zero-order valence-corrected chi connectivity index (χ0v) is 13.4. The number of hydrogen-bond acceptors (Lipinski definition) is 5. The van der Waals surface area contributed by atoms with E-state index in [-0.39, 0.29) is 17.9 Å². The maximum atomic E-state index is 12.1. The van der Waals surface area contributed by atoms with Crippen LogP contribution in [-0.2, 0) is 9.53 Å². The number of nitrogen functional groups attached to an aromatic ring is 1. The zero-order valence-electron chi connectivity index (χ0n) is 13.4. The molecule has 1 heterocycles. The molecule has 0 spiro atoms. The van der Waals surface area contributed by atoms with Gasteiger partial charge in [0.2, 0.25) is 0 Å². The van der Waals surface area contributed by atoms with Gasteiger partial charge < -0.3 is 15.8 Å². The number of para-hydroxylation sites is 1. The molecule has 0 fully saturated rings. The first-order chi connectivity index (χ1) is 10.8. The summed E-state index contributed by atoms with van der Waals surface area (Å²) in [7, 11) is 0. The van der Waals surface area contributed by atoms with Crippen LogP contribution in [0.15, 0.2) is 36.5 Å². The number of nitrogens with two attached hydrogens (primary N) is 1. The summed E-state index contributed by atoms with van der Waals surface area (Å²) in [6.07, 6.45) is 1.37. The van der Waals surface area contributed by atoms with E-state index in [1.807, 2.05) is 30.3 Å². The minimum absolute atomic E-state index is 0.206. The van der Waals surface area contributed by atoms with Crippen LogP contribution in [-0.4, -0.2) is 33.8 Å². The van der Waals surface area contributed by atoms with Crippen LogP contribution in [0.2, 0.25) is 0 Å². The van der Waals surface area contributed by atoms with E-state index >= 15 is 0 Å². The first kappa shape index (κ1) is 16.5. The van der Waals surface area contributed by atoms with Gasteiger partial charge in [0.05, 0.1) is 11.9 Å². The van der Waals surface area contributed by atoms with Crippen molar-refractivity contribution in [1.82, 2.24) is 15.1 Å². The zero-order chi connectivity index (χ0) is 17.0. The van der Waals surface area contributed by atoms with Crippen molar-refractivity contribution in [3.63, 3.8) is 0 Å². The Morgan fingerprint density at radius 3 is 2.52 bits per heavy atom. The Balaban J connectivity index is 2.04. The number of nitrogens with zero attached hydrogens (tertiary/aromatic N) is 2. The van der Waals surface area contributed by atoms with Gasteiger partial charge in [0.25, 0.3) is 5.91 Å². The Bertz CT molecular complexity index is 702. The number of hydrogen-bond donors (Lipinski definition) is 2. The third kappa shape index (κ3) is 4.32. The summed E-state index contributed by atoms with van der Waals surface area (Å²) < 4.78 is 6.58. The monoisotopic (exact) mass is 316 g/mol. The van der Waals surface area contributed by atoms with Gasteiger partial charge in [-0.15, -0.1) is 0 Å². The number of esters is 1. The molecule has 2 aromatic rings. The molecule has 2 rings (SSSR count). The van der Waals surface area contributed by atoms with Crippen molar-refractivity contribution in [2.24, 2.45) is 0 Å². The Labute approximate surface area is 134 Å². The topological polar surface area (TPSA) is 99.2 Å². The number of carbonyl (C=O) groups excluding carboxylic acids is 2. The quantitative estimate of drug-likeness (QED) is 0.833. The Hall–Kier alpha value is -2.83. The van der Waals surface area contributed by atoms with E-state index in [0.717, 1.165) is 5.69 Å². The van der Waals surface area contributed by atoms with Crippen LogP contribution >= 0.6 is 0 Å².